The molecule has 98 valence electrons. The Kier molecular flexibility index (Phi) is 4.37. The first-order chi connectivity index (χ1) is 8.70. The van der Waals surface area contributed by atoms with Gasteiger partial charge in [-0.05, 0) is 31.7 Å². The molecular weight excluding hydrogens is 224 g/mol. The van der Waals surface area contributed by atoms with Crippen LogP contribution in [-0.4, -0.2) is 29.9 Å². The van der Waals surface area contributed by atoms with E-state index in [1.165, 1.54) is 12.0 Å². The van der Waals surface area contributed by atoms with Gasteiger partial charge in [0.25, 0.3) is 0 Å². The summed E-state index contributed by atoms with van der Waals surface area (Å²) in [6.07, 6.45) is 3.85. The van der Waals surface area contributed by atoms with Crippen molar-refractivity contribution in [2.24, 2.45) is 5.73 Å². The number of nitrogens with zero attached hydrogens (tertiary/aromatic N) is 1. The minimum atomic E-state index is 0.217. The van der Waals surface area contributed by atoms with E-state index in [9.17, 15) is 4.79 Å². The third-order valence-corrected chi connectivity index (χ3v) is 3.70. The number of carbonyl (C=O) groups excluding carboxylic acids is 1. The number of hydrogen-bond donors (Lipinski definition) is 1. The fourth-order valence-electron chi connectivity index (χ4n) is 2.56. The molecule has 1 aromatic rings. The summed E-state index contributed by atoms with van der Waals surface area (Å²) < 4.78 is 0. The Hall–Kier alpha value is -1.35. The first-order valence-electron chi connectivity index (χ1n) is 6.76. The first-order valence-corrected chi connectivity index (χ1v) is 6.76. The summed E-state index contributed by atoms with van der Waals surface area (Å²) in [6, 6.07) is 8.43. The van der Waals surface area contributed by atoms with Crippen molar-refractivity contribution < 1.29 is 4.79 Å². The van der Waals surface area contributed by atoms with Crippen molar-refractivity contribution in [1.29, 1.82) is 0 Å². The van der Waals surface area contributed by atoms with Gasteiger partial charge in [-0.15, -0.1) is 0 Å². The molecule has 0 spiro atoms. The van der Waals surface area contributed by atoms with Gasteiger partial charge in [-0.3, -0.25) is 4.79 Å². The number of rotatable bonds is 3. The Labute approximate surface area is 109 Å². The minimum Gasteiger partial charge on any atom is -0.338 e. The Morgan fingerprint density at radius 1 is 1.33 bits per heavy atom. The smallest absolute Gasteiger partial charge is 0.227 e. The molecule has 18 heavy (non-hydrogen) atoms. The van der Waals surface area contributed by atoms with Crippen LogP contribution in [0.3, 0.4) is 0 Å². The second kappa shape index (κ2) is 6.01. The van der Waals surface area contributed by atoms with E-state index < -0.39 is 0 Å². The van der Waals surface area contributed by atoms with E-state index in [2.05, 4.69) is 19.1 Å². The molecule has 2 N–H and O–H groups in total. The molecule has 1 aliphatic rings. The fourth-order valence-corrected chi connectivity index (χ4v) is 2.56. The Bertz CT molecular complexity index is 399. The van der Waals surface area contributed by atoms with Crippen LogP contribution in [0.2, 0.25) is 0 Å². The maximum atomic E-state index is 12.3. The second-order valence-corrected chi connectivity index (χ2v) is 5.13. The lowest BCUT2D eigenvalue weighted by Crippen LogP contribution is -2.48. The number of benzene rings is 1. The van der Waals surface area contributed by atoms with Crippen molar-refractivity contribution in [1.82, 2.24) is 4.90 Å². The summed E-state index contributed by atoms with van der Waals surface area (Å²) in [5.41, 5.74) is 8.07. The van der Waals surface area contributed by atoms with E-state index >= 15 is 0 Å². The number of likely N-dealkylation sites (tertiary alicyclic amines) is 1. The zero-order valence-corrected chi connectivity index (χ0v) is 11.1. The third kappa shape index (κ3) is 3.10. The molecule has 3 heteroatoms. The average molecular weight is 246 g/mol. The van der Waals surface area contributed by atoms with Crippen molar-refractivity contribution in [3.8, 4) is 0 Å². The molecule has 1 amide bonds. The SMILES string of the molecule is Cc1ccc(CC(=O)N2CCCCC2CN)cc1. The molecule has 0 radical (unpaired) electrons. The maximum Gasteiger partial charge on any atom is 0.227 e. The van der Waals surface area contributed by atoms with Crippen LogP contribution < -0.4 is 5.73 Å². The minimum absolute atomic E-state index is 0.217. The third-order valence-electron chi connectivity index (χ3n) is 3.70. The van der Waals surface area contributed by atoms with Crippen LogP contribution in [0.1, 0.15) is 30.4 Å². The highest BCUT2D eigenvalue weighted by atomic mass is 16.2. The summed E-state index contributed by atoms with van der Waals surface area (Å²) in [5.74, 6) is 0.217. The van der Waals surface area contributed by atoms with Crippen LogP contribution in [0, 0.1) is 6.92 Å². The molecule has 0 aromatic heterocycles. The summed E-state index contributed by atoms with van der Waals surface area (Å²) in [4.78, 5) is 14.3. The van der Waals surface area contributed by atoms with Crippen LogP contribution in [0.4, 0.5) is 0 Å². The van der Waals surface area contributed by atoms with Crippen molar-refractivity contribution in [3.05, 3.63) is 35.4 Å². The molecule has 1 heterocycles. The molecule has 2 rings (SSSR count). The van der Waals surface area contributed by atoms with Crippen molar-refractivity contribution in [3.63, 3.8) is 0 Å². The molecule has 0 bridgehead atoms. The lowest BCUT2D eigenvalue weighted by molar-refractivity contribution is -0.133. The highest BCUT2D eigenvalue weighted by Gasteiger charge is 2.25. The van der Waals surface area contributed by atoms with Crippen LogP contribution in [0.25, 0.3) is 0 Å². The van der Waals surface area contributed by atoms with Crippen LogP contribution in [0.5, 0.6) is 0 Å². The van der Waals surface area contributed by atoms with E-state index in [4.69, 9.17) is 5.73 Å². The highest BCUT2D eigenvalue weighted by molar-refractivity contribution is 5.79. The number of hydrogen-bond acceptors (Lipinski definition) is 2. The molecule has 1 aliphatic heterocycles. The lowest BCUT2D eigenvalue weighted by Gasteiger charge is -2.35. The number of piperidine rings is 1. The Morgan fingerprint density at radius 2 is 2.06 bits per heavy atom. The molecule has 0 aliphatic carbocycles. The van der Waals surface area contributed by atoms with Gasteiger partial charge >= 0.3 is 0 Å². The van der Waals surface area contributed by atoms with Crippen molar-refractivity contribution in [2.75, 3.05) is 13.1 Å². The summed E-state index contributed by atoms with van der Waals surface area (Å²) in [6.45, 7) is 3.51. The molecule has 1 unspecified atom stereocenters. The zero-order valence-electron chi connectivity index (χ0n) is 11.1. The van der Waals surface area contributed by atoms with E-state index in [0.717, 1.165) is 24.9 Å². The normalized spacial score (nSPS) is 19.9. The highest BCUT2D eigenvalue weighted by Crippen LogP contribution is 2.17. The summed E-state index contributed by atoms with van der Waals surface area (Å²) in [7, 11) is 0. The van der Waals surface area contributed by atoms with Gasteiger partial charge in [-0.1, -0.05) is 29.8 Å². The molecule has 3 nitrogen and oxygen atoms in total. The van der Waals surface area contributed by atoms with E-state index in [1.54, 1.807) is 0 Å². The van der Waals surface area contributed by atoms with Crippen molar-refractivity contribution in [2.45, 2.75) is 38.6 Å². The maximum absolute atomic E-state index is 12.3. The second-order valence-electron chi connectivity index (χ2n) is 5.13. The van der Waals surface area contributed by atoms with E-state index in [1.807, 2.05) is 17.0 Å². The van der Waals surface area contributed by atoms with E-state index in [-0.39, 0.29) is 11.9 Å². The number of nitrogens with two attached hydrogens (primary N) is 1. The largest absolute Gasteiger partial charge is 0.338 e. The van der Waals surface area contributed by atoms with Crippen LogP contribution >= 0.6 is 0 Å². The molecule has 1 aromatic carbocycles. The van der Waals surface area contributed by atoms with Gasteiger partial charge in [0.1, 0.15) is 0 Å². The predicted molar refractivity (Wildman–Crippen MR) is 73.3 cm³/mol. The standard InChI is InChI=1S/C15H22N2O/c1-12-5-7-13(8-6-12)10-15(18)17-9-3-2-4-14(17)11-16/h5-8,14H,2-4,9-11,16H2,1H3. The van der Waals surface area contributed by atoms with Crippen LogP contribution in [0.15, 0.2) is 24.3 Å². The lowest BCUT2D eigenvalue weighted by atomic mass is 10.0. The predicted octanol–water partition coefficient (Wildman–Crippen LogP) is 1.88. The summed E-state index contributed by atoms with van der Waals surface area (Å²) in [5, 5.41) is 0. The topological polar surface area (TPSA) is 46.3 Å². The first kappa shape index (κ1) is 13.1. The van der Waals surface area contributed by atoms with Crippen LogP contribution in [-0.2, 0) is 11.2 Å². The van der Waals surface area contributed by atoms with Gasteiger partial charge in [-0.25, -0.2) is 0 Å². The zero-order chi connectivity index (χ0) is 13.0. The van der Waals surface area contributed by atoms with Gasteiger partial charge in [0.15, 0.2) is 0 Å². The fraction of sp³-hybridized carbons (Fsp3) is 0.533. The van der Waals surface area contributed by atoms with Gasteiger partial charge in [-0.2, -0.15) is 0 Å². The Balaban J connectivity index is 2.00. The number of aryl methyl sites for hydroxylation is 1. The molecular formula is C15H22N2O. The van der Waals surface area contributed by atoms with Gasteiger partial charge in [0, 0.05) is 19.1 Å². The molecule has 1 atom stereocenters. The number of carbonyl (C=O) groups is 1. The molecule has 1 fully saturated rings. The molecule has 0 saturated carbocycles. The number of amides is 1. The van der Waals surface area contributed by atoms with Crippen molar-refractivity contribution >= 4 is 5.91 Å². The average Bonchev–Trinajstić information content (AvgIpc) is 2.41. The Morgan fingerprint density at radius 3 is 2.72 bits per heavy atom. The quantitative estimate of drug-likeness (QED) is 0.885. The molecule has 1 saturated heterocycles. The monoisotopic (exact) mass is 246 g/mol. The van der Waals surface area contributed by atoms with Gasteiger partial charge in [0.05, 0.1) is 6.42 Å². The van der Waals surface area contributed by atoms with E-state index in [0.29, 0.717) is 13.0 Å². The summed E-state index contributed by atoms with van der Waals surface area (Å²) >= 11 is 0. The van der Waals surface area contributed by atoms with Gasteiger partial charge in [0.2, 0.25) is 5.91 Å². The van der Waals surface area contributed by atoms with Gasteiger partial charge < -0.3 is 10.6 Å².